The number of carboxylic acids is 1. The second-order valence-electron chi connectivity index (χ2n) is 3.75. The molecule has 0 radical (unpaired) electrons. The molecule has 0 spiro atoms. The zero-order valence-electron chi connectivity index (χ0n) is 9.23. The van der Waals surface area contributed by atoms with E-state index in [1.807, 2.05) is 0 Å². The van der Waals surface area contributed by atoms with E-state index < -0.39 is 38.0 Å². The van der Waals surface area contributed by atoms with Crippen molar-refractivity contribution in [2.75, 3.05) is 0 Å². The molecule has 0 aliphatic carbocycles. The fraction of sp³-hybridized carbons (Fsp3) is 0. The van der Waals surface area contributed by atoms with E-state index in [0.29, 0.717) is 0 Å². The molecule has 7 nitrogen and oxygen atoms in total. The second kappa shape index (κ2) is 4.11. The number of aromatic carboxylic acids is 1. The van der Waals surface area contributed by atoms with Gasteiger partial charge in [0.05, 0.1) is 5.39 Å². The summed E-state index contributed by atoms with van der Waals surface area (Å²) in [6, 6.07) is 4.81. The zero-order valence-corrected chi connectivity index (χ0v) is 10.0. The van der Waals surface area contributed by atoms with Crippen molar-refractivity contribution in [2.24, 2.45) is 0 Å². The lowest BCUT2D eigenvalue weighted by molar-refractivity contribution is 0.0689. The van der Waals surface area contributed by atoms with E-state index in [2.05, 4.69) is 0 Å². The molecule has 2 aromatic rings. The summed E-state index contributed by atoms with van der Waals surface area (Å²) in [5.41, 5.74) is -0.989. The number of phenols is 2. The van der Waals surface area contributed by atoms with Gasteiger partial charge in [-0.25, -0.2) is 4.79 Å². The van der Waals surface area contributed by atoms with E-state index in [9.17, 15) is 23.4 Å². The second-order valence-corrected chi connectivity index (χ2v) is 5.14. The van der Waals surface area contributed by atoms with Crippen LogP contribution in [0.3, 0.4) is 0 Å². The van der Waals surface area contributed by atoms with Crippen LogP contribution in [0, 0.1) is 0 Å². The van der Waals surface area contributed by atoms with E-state index in [-0.39, 0.29) is 10.8 Å². The summed E-state index contributed by atoms with van der Waals surface area (Å²) < 4.78 is 31.3. The molecule has 2 rings (SSSR count). The first-order valence-electron chi connectivity index (χ1n) is 4.92. The van der Waals surface area contributed by atoms with Crippen molar-refractivity contribution < 1.29 is 33.1 Å². The predicted molar refractivity (Wildman–Crippen MR) is 64.1 cm³/mol. The summed E-state index contributed by atoms with van der Waals surface area (Å²) >= 11 is 0. The van der Waals surface area contributed by atoms with Crippen molar-refractivity contribution >= 4 is 26.9 Å². The van der Waals surface area contributed by atoms with Crippen LogP contribution in [0.25, 0.3) is 10.8 Å². The first-order valence-corrected chi connectivity index (χ1v) is 6.36. The molecule has 0 aliphatic heterocycles. The minimum absolute atomic E-state index is 0.0788. The van der Waals surface area contributed by atoms with Crippen molar-refractivity contribution in [3.05, 3.63) is 29.8 Å². The minimum Gasteiger partial charge on any atom is -0.507 e. The van der Waals surface area contributed by atoms with Gasteiger partial charge < -0.3 is 15.3 Å². The summed E-state index contributed by atoms with van der Waals surface area (Å²) in [4.78, 5) is 10.1. The van der Waals surface area contributed by atoms with Gasteiger partial charge in [-0.1, -0.05) is 12.1 Å². The van der Waals surface area contributed by atoms with Crippen molar-refractivity contribution in [1.82, 2.24) is 0 Å². The van der Waals surface area contributed by atoms with Gasteiger partial charge in [0.2, 0.25) is 0 Å². The molecule has 19 heavy (non-hydrogen) atoms. The summed E-state index contributed by atoms with van der Waals surface area (Å²) in [6.07, 6.45) is 0. The van der Waals surface area contributed by atoms with Gasteiger partial charge in [-0.2, -0.15) is 8.42 Å². The van der Waals surface area contributed by atoms with E-state index in [4.69, 9.17) is 9.66 Å². The summed E-state index contributed by atoms with van der Waals surface area (Å²) in [6.45, 7) is 0. The third-order valence-corrected chi connectivity index (χ3v) is 3.45. The molecule has 0 saturated carbocycles. The van der Waals surface area contributed by atoms with Crippen LogP contribution in [0.4, 0.5) is 0 Å². The van der Waals surface area contributed by atoms with Gasteiger partial charge in [0.15, 0.2) is 0 Å². The number of hydrogen-bond acceptors (Lipinski definition) is 5. The largest absolute Gasteiger partial charge is 0.507 e. The van der Waals surface area contributed by atoms with E-state index in [1.54, 1.807) is 0 Å². The summed E-state index contributed by atoms with van der Waals surface area (Å²) in [5, 5.41) is 28.2. The van der Waals surface area contributed by atoms with E-state index >= 15 is 0 Å². The Kier molecular flexibility index (Phi) is 2.84. The third-order valence-electron chi connectivity index (χ3n) is 2.57. The van der Waals surface area contributed by atoms with Crippen LogP contribution in [-0.2, 0) is 10.1 Å². The lowest BCUT2D eigenvalue weighted by Gasteiger charge is -2.10. The van der Waals surface area contributed by atoms with Crippen molar-refractivity contribution in [1.29, 1.82) is 0 Å². The molecule has 0 aromatic heterocycles. The molecule has 0 bridgehead atoms. The molecule has 0 aliphatic rings. The number of benzene rings is 2. The molecule has 0 fully saturated rings. The molecule has 0 amide bonds. The van der Waals surface area contributed by atoms with Crippen LogP contribution in [0.15, 0.2) is 29.2 Å². The molecule has 0 atom stereocenters. The maximum atomic E-state index is 11.2. The molecule has 8 heteroatoms. The Labute approximate surface area is 107 Å². The number of rotatable bonds is 2. The van der Waals surface area contributed by atoms with Crippen LogP contribution in [0.5, 0.6) is 11.5 Å². The van der Waals surface area contributed by atoms with Crippen molar-refractivity contribution in [2.45, 2.75) is 4.90 Å². The zero-order chi connectivity index (χ0) is 14.4. The van der Waals surface area contributed by atoms with E-state index in [1.165, 1.54) is 18.2 Å². The van der Waals surface area contributed by atoms with Crippen molar-refractivity contribution in [3.63, 3.8) is 0 Å². The minimum atomic E-state index is -4.83. The lowest BCUT2D eigenvalue weighted by Crippen LogP contribution is -2.08. The SMILES string of the molecule is O=C(O)c1c(S(=O)(=O)O)cc2cccc(O)c2c1O. The summed E-state index contributed by atoms with van der Waals surface area (Å²) in [7, 11) is -4.83. The van der Waals surface area contributed by atoms with E-state index in [0.717, 1.165) is 6.07 Å². The molecule has 0 saturated heterocycles. The van der Waals surface area contributed by atoms with Gasteiger partial charge in [-0.15, -0.1) is 0 Å². The number of carboxylic acid groups (broad SMARTS) is 1. The van der Waals surface area contributed by atoms with Crippen LogP contribution in [0.1, 0.15) is 10.4 Å². The lowest BCUT2D eigenvalue weighted by atomic mass is 10.0. The summed E-state index contributed by atoms with van der Waals surface area (Å²) in [5.74, 6) is -3.06. The third kappa shape index (κ3) is 2.07. The van der Waals surface area contributed by atoms with Crippen LogP contribution in [-0.4, -0.2) is 34.3 Å². The Balaban J connectivity index is 3.08. The maximum Gasteiger partial charge on any atom is 0.340 e. The smallest absolute Gasteiger partial charge is 0.340 e. The van der Waals surface area contributed by atoms with Crippen LogP contribution >= 0.6 is 0 Å². The molecular weight excluding hydrogens is 276 g/mol. The van der Waals surface area contributed by atoms with Crippen LogP contribution < -0.4 is 0 Å². The number of hydrogen-bond donors (Lipinski definition) is 4. The van der Waals surface area contributed by atoms with Gasteiger partial charge in [0.1, 0.15) is 22.0 Å². The van der Waals surface area contributed by atoms with Crippen LogP contribution in [0.2, 0.25) is 0 Å². The molecule has 2 aromatic carbocycles. The van der Waals surface area contributed by atoms with Crippen molar-refractivity contribution in [3.8, 4) is 11.5 Å². The average Bonchev–Trinajstić information content (AvgIpc) is 2.26. The molecule has 4 N–H and O–H groups in total. The maximum absolute atomic E-state index is 11.2. The topological polar surface area (TPSA) is 132 Å². The normalized spacial score (nSPS) is 11.6. The van der Waals surface area contributed by atoms with Gasteiger partial charge in [0, 0.05) is 0 Å². The van der Waals surface area contributed by atoms with Gasteiger partial charge >= 0.3 is 5.97 Å². The fourth-order valence-corrected chi connectivity index (χ4v) is 2.52. The predicted octanol–water partition coefficient (Wildman–Crippen LogP) is 1.20. The molecule has 0 unspecified atom stereocenters. The Hall–Kier alpha value is -2.32. The average molecular weight is 284 g/mol. The Morgan fingerprint density at radius 1 is 1.16 bits per heavy atom. The number of carbonyl (C=O) groups is 1. The molecular formula is C11H8O7S. The molecule has 0 heterocycles. The fourth-order valence-electron chi connectivity index (χ4n) is 1.80. The highest BCUT2D eigenvalue weighted by atomic mass is 32.2. The highest BCUT2D eigenvalue weighted by molar-refractivity contribution is 7.86. The number of aromatic hydroxyl groups is 2. The molecule has 100 valence electrons. The van der Waals surface area contributed by atoms with Gasteiger partial charge in [-0.3, -0.25) is 4.55 Å². The first-order chi connectivity index (χ1) is 8.73. The van der Waals surface area contributed by atoms with Gasteiger partial charge in [-0.05, 0) is 17.5 Å². The monoisotopic (exact) mass is 284 g/mol. The Bertz CT molecular complexity index is 792. The standard InChI is InChI=1S/C11H8O7S/c12-6-3-1-2-5-4-7(19(16,17)18)9(11(14)15)10(13)8(5)6/h1-4,12-13H,(H,14,15)(H,16,17,18). The first kappa shape index (κ1) is 13.1. The highest BCUT2D eigenvalue weighted by Crippen LogP contribution is 2.38. The number of fused-ring (bicyclic) bond motifs is 1. The highest BCUT2D eigenvalue weighted by Gasteiger charge is 2.27. The Morgan fingerprint density at radius 3 is 2.32 bits per heavy atom. The Morgan fingerprint density at radius 2 is 1.79 bits per heavy atom. The number of phenolic OH excluding ortho intramolecular Hbond substituents is 1. The quantitative estimate of drug-likeness (QED) is 0.609. The van der Waals surface area contributed by atoms with Gasteiger partial charge in [0.25, 0.3) is 10.1 Å².